The molecule has 126 heavy (non-hydrogen) atoms. The third kappa shape index (κ3) is 32.7. The molecular weight excluding hydrogens is 1620 g/mol. The van der Waals surface area contributed by atoms with Crippen LogP contribution in [-0.2, 0) is 14.3 Å². The van der Waals surface area contributed by atoms with Crippen LogP contribution in [0.2, 0.25) is 0 Å². The molecule has 11 rings (SSSR count). The van der Waals surface area contributed by atoms with E-state index in [1.165, 1.54) is 0 Å². The summed E-state index contributed by atoms with van der Waals surface area (Å²) in [6, 6.07) is 11.7. The summed E-state index contributed by atoms with van der Waals surface area (Å²) in [5, 5.41) is 15.5. The van der Waals surface area contributed by atoms with Crippen LogP contribution in [0.15, 0.2) is 0 Å². The number of ether oxygens (including phenoxy) is 2. The number of hydroxylamine groups is 2. The third-order valence-corrected chi connectivity index (χ3v) is 38.4. The minimum absolute atomic E-state index is 0.289. The SMILES string of the molecule is CC(C)C1C(C)C(C)C(C)N1C.CC(C)C1C(C)C(C)N(C)N1C.CC(C)C1C(C)C(C)ON1C.CC(C)C1C(C)C(C)SN1C.CC(C)C1C(C)N(C)C(C)N1C.CC(C)C1C(C)OC(C)N1C.CC(C)C1C(C)SC(C)N1C.CC(C)C1N(C)C(C)C(C)N1C.CC(C)C1OC(C)C(C)N1C.CC(C)C1SC(C)C(C)N1C.CC1C(C)N(C)N(C(C)C)C1C. The lowest BCUT2D eigenvalue weighted by atomic mass is 9.86. The number of hydrogen-bond donors (Lipinski definition) is 0. The van der Waals surface area contributed by atoms with Gasteiger partial charge < -0.3 is 9.47 Å². The molecule has 0 aromatic carbocycles. The molecule has 18 nitrogen and oxygen atoms in total. The van der Waals surface area contributed by atoms with E-state index in [1.54, 1.807) is 0 Å². The molecule has 756 valence electrons. The second kappa shape index (κ2) is 55.8. The van der Waals surface area contributed by atoms with Crippen molar-refractivity contribution in [3.05, 3.63) is 0 Å². The molecule has 33 unspecified atom stereocenters. The van der Waals surface area contributed by atoms with Gasteiger partial charge in [0.1, 0.15) is 12.5 Å². The molecule has 0 aromatic rings. The first-order valence-corrected chi connectivity index (χ1v) is 54.1. The number of hydrazine groups is 2. The highest BCUT2D eigenvalue weighted by atomic mass is 32.2. The number of likely N-dealkylation sites (tertiary alicyclic amines) is 1. The van der Waals surface area contributed by atoms with Gasteiger partial charge in [-0.1, -0.05) is 213 Å². The lowest BCUT2D eigenvalue weighted by Gasteiger charge is -2.33. The molecule has 11 heterocycles. The molecule has 11 aliphatic heterocycles. The third-order valence-electron chi connectivity index (χ3n) is 33.7. The highest BCUT2D eigenvalue weighted by Gasteiger charge is 2.47. The Morgan fingerprint density at radius 1 is 0.246 bits per heavy atom. The maximum absolute atomic E-state index is 5.77. The van der Waals surface area contributed by atoms with Crippen LogP contribution in [0.5, 0.6) is 0 Å². The van der Waals surface area contributed by atoms with Crippen LogP contribution in [-0.4, -0.2) is 344 Å². The maximum Gasteiger partial charge on any atom is 0.113 e. The largest absolute Gasteiger partial charge is 0.359 e. The van der Waals surface area contributed by atoms with Gasteiger partial charge in [0.25, 0.3) is 0 Å². The summed E-state index contributed by atoms with van der Waals surface area (Å²) in [6.07, 6.45) is 2.97. The molecule has 0 N–H and O–H groups in total. The molecule has 0 radical (unpaired) electrons. The zero-order valence-electron chi connectivity index (χ0n) is 95.1. The molecule has 21 heteroatoms. The Morgan fingerprint density at radius 2 is 0.698 bits per heavy atom. The van der Waals surface area contributed by atoms with Crippen molar-refractivity contribution in [3.8, 4) is 0 Å². The minimum atomic E-state index is 0.289. The van der Waals surface area contributed by atoms with Gasteiger partial charge in [-0.15, -0.1) is 23.5 Å². The average Bonchev–Trinajstić information content (AvgIpc) is 1.66. The Kier molecular flexibility index (Phi) is 55.1. The molecule has 0 aromatic heterocycles. The highest BCUT2D eigenvalue weighted by Crippen LogP contribution is 2.43. The Morgan fingerprint density at radius 3 is 0.873 bits per heavy atom. The molecule has 11 saturated heterocycles. The monoisotopic (exact) mass is 1840 g/mol. The van der Waals surface area contributed by atoms with Crippen LogP contribution < -0.4 is 0 Å². The van der Waals surface area contributed by atoms with Crippen LogP contribution in [0.1, 0.15) is 318 Å². The standard InChI is InChI=1S/C11H23N.4C10H22N2.3C9H19NO.3C9H19NS/c1-7(2)11-9(4)8(3)10(5)12(11)6;1-7(2)10-8(3)11(5)9(4)12(10)6;1-7(2)10-11(5)8(3)9(4)12(10)6;1-7(2)10-8(3)9(4)11(5)12(10)6;1-7(2)12-10(5)8(3)9(4)11(12)6;1-6(2)9-7(3)11-8(4)10(9)5;1-6(2)9-10(5)7(3)8(4)11-9;1-6(2)9-7(3)8(4)11-10(9)5;1-6(2)9-7(3)11-8(4)10(9)5;1-6(2)9-10(5)7(3)8(4)11-9;1-6(2)9-7(3)8(4)11-10(9)5/h7-11H,1-6H3;4*7-10H,1-6H3;6*6-9H,1-5H3. The number of thioether (sulfide) groups is 2. The lowest BCUT2D eigenvalue weighted by molar-refractivity contribution is -0.144. The first kappa shape index (κ1) is 124. The van der Waals surface area contributed by atoms with E-state index in [0.717, 1.165) is 116 Å². The van der Waals surface area contributed by atoms with Crippen molar-refractivity contribution in [2.45, 2.75) is 491 Å². The topological polar surface area (TPSA) is 76.3 Å². The first-order chi connectivity index (χ1) is 57.5. The Balaban J connectivity index is 0.000000693. The van der Waals surface area contributed by atoms with Crippen molar-refractivity contribution in [3.63, 3.8) is 0 Å². The molecule has 0 bridgehead atoms. The molecule has 0 spiro atoms. The molecule has 0 aliphatic carbocycles. The lowest BCUT2D eigenvalue weighted by Crippen LogP contribution is -2.44. The molecular formula is C105H225N15O3S3. The number of hydrogen-bond acceptors (Lipinski definition) is 21. The first-order valence-electron chi connectivity index (χ1n) is 51.4. The average molecular weight is 1840 g/mol. The van der Waals surface area contributed by atoms with Gasteiger partial charge >= 0.3 is 0 Å². The van der Waals surface area contributed by atoms with Gasteiger partial charge in [0.2, 0.25) is 0 Å². The number of likely N-dealkylation sites (N-methyl/N-ethyl adjacent to an activating group) is 6. The van der Waals surface area contributed by atoms with Crippen molar-refractivity contribution in [2.75, 3.05) is 98.7 Å². The van der Waals surface area contributed by atoms with Gasteiger partial charge in [0.15, 0.2) is 0 Å². The summed E-state index contributed by atoms with van der Waals surface area (Å²) in [7, 11) is 30.8. The van der Waals surface area contributed by atoms with Crippen LogP contribution in [0.3, 0.4) is 0 Å². The Bertz CT molecular complexity index is 2450. The van der Waals surface area contributed by atoms with Gasteiger partial charge in [-0.05, 0) is 277 Å². The summed E-state index contributed by atoms with van der Waals surface area (Å²) in [5.41, 5.74) is 0. The Labute approximate surface area is 802 Å². The van der Waals surface area contributed by atoms with Crippen molar-refractivity contribution in [1.29, 1.82) is 0 Å². The van der Waals surface area contributed by atoms with Crippen LogP contribution in [0.25, 0.3) is 0 Å². The summed E-state index contributed by atoms with van der Waals surface area (Å²) in [4.78, 5) is 27.7. The maximum atomic E-state index is 5.77. The van der Waals surface area contributed by atoms with E-state index in [-0.39, 0.29) is 6.23 Å². The van der Waals surface area contributed by atoms with Crippen molar-refractivity contribution in [2.24, 2.45) is 94.7 Å². The quantitative estimate of drug-likeness (QED) is 0.184. The van der Waals surface area contributed by atoms with E-state index in [0.29, 0.717) is 144 Å². The van der Waals surface area contributed by atoms with E-state index in [4.69, 9.17) is 14.3 Å². The fourth-order valence-electron chi connectivity index (χ4n) is 24.0. The van der Waals surface area contributed by atoms with Crippen molar-refractivity contribution < 1.29 is 14.3 Å². The molecule has 0 saturated carbocycles. The van der Waals surface area contributed by atoms with E-state index < -0.39 is 0 Å². The van der Waals surface area contributed by atoms with Crippen molar-refractivity contribution in [1.82, 2.24) is 73.5 Å². The van der Waals surface area contributed by atoms with E-state index in [1.807, 2.05) is 24.1 Å². The zero-order valence-corrected chi connectivity index (χ0v) is 97.6. The summed E-state index contributed by atoms with van der Waals surface area (Å²) in [5.74, 6) is 12.0. The summed E-state index contributed by atoms with van der Waals surface area (Å²) < 4.78 is 13.9. The van der Waals surface area contributed by atoms with E-state index in [9.17, 15) is 0 Å². The zero-order chi connectivity index (χ0) is 98.9. The fraction of sp³-hybridized carbons (Fsp3) is 1.00. The van der Waals surface area contributed by atoms with Crippen LogP contribution >= 0.6 is 35.5 Å². The summed E-state index contributed by atoms with van der Waals surface area (Å²) >= 11 is 6.20. The van der Waals surface area contributed by atoms with Crippen molar-refractivity contribution >= 4 is 35.5 Å². The molecule has 11 fully saturated rings. The van der Waals surface area contributed by atoms with Gasteiger partial charge in [-0.25, -0.2) is 24.3 Å². The van der Waals surface area contributed by atoms with E-state index >= 15 is 0 Å². The predicted octanol–water partition coefficient (Wildman–Crippen LogP) is 22.5. The van der Waals surface area contributed by atoms with Gasteiger partial charge in [0.05, 0.1) is 41.4 Å². The number of nitrogens with zero attached hydrogens (tertiary/aromatic N) is 15. The molecule has 0 amide bonds. The predicted molar refractivity (Wildman–Crippen MR) is 563 cm³/mol. The Hall–Kier alpha value is 0.330. The molecule has 11 aliphatic rings. The van der Waals surface area contributed by atoms with Gasteiger partial charge in [0, 0.05) is 153 Å². The van der Waals surface area contributed by atoms with E-state index in [2.05, 4.69) is 502 Å². The van der Waals surface area contributed by atoms with Crippen LogP contribution in [0, 0.1) is 94.7 Å². The van der Waals surface area contributed by atoms with Gasteiger partial charge in [-0.2, -0.15) is 5.06 Å². The summed E-state index contributed by atoms with van der Waals surface area (Å²) in [6.45, 7) is 105. The highest BCUT2D eigenvalue weighted by molar-refractivity contribution is 8.01. The van der Waals surface area contributed by atoms with Gasteiger partial charge in [-0.3, -0.25) is 48.9 Å². The second-order valence-corrected chi connectivity index (χ2v) is 50.7. The molecule has 33 atom stereocenters. The normalized spacial score (nSPS) is 40.5. The smallest absolute Gasteiger partial charge is 0.113 e. The second-order valence-electron chi connectivity index (χ2n) is 46.0. The number of rotatable bonds is 11. The minimum Gasteiger partial charge on any atom is -0.359 e. The van der Waals surface area contributed by atoms with Crippen LogP contribution in [0.4, 0.5) is 0 Å². The fourth-order valence-corrected chi connectivity index (χ4v) is 28.7.